The summed E-state index contributed by atoms with van der Waals surface area (Å²) in [5.74, 6) is 5.15. The first-order valence-corrected chi connectivity index (χ1v) is 22.8. The summed E-state index contributed by atoms with van der Waals surface area (Å²) < 4.78 is 7.38. The highest BCUT2D eigenvalue weighted by Gasteiger charge is 2.62. The van der Waals surface area contributed by atoms with Crippen molar-refractivity contribution in [1.82, 2.24) is 0 Å². The number of fused-ring (bicyclic) bond motifs is 4. The normalized spacial score (nSPS) is 28.5. The molecule has 58 heavy (non-hydrogen) atoms. The van der Waals surface area contributed by atoms with Crippen molar-refractivity contribution in [2.24, 2.45) is 23.7 Å². The molecule has 4 saturated carbocycles. The van der Waals surface area contributed by atoms with E-state index in [1.165, 1.54) is 119 Å². The largest absolute Gasteiger partial charge is 0.457 e. The van der Waals surface area contributed by atoms with Gasteiger partial charge < -0.3 is 9.64 Å². The highest BCUT2D eigenvalue weighted by atomic mass is 16.5. The summed E-state index contributed by atoms with van der Waals surface area (Å²) in [6.45, 7) is 19.8. The lowest BCUT2D eigenvalue weighted by atomic mass is 9.41. The van der Waals surface area contributed by atoms with Crippen LogP contribution < -0.4 is 9.64 Å². The molecule has 1 spiro atoms. The zero-order valence-electron chi connectivity index (χ0n) is 36.3. The van der Waals surface area contributed by atoms with Gasteiger partial charge in [0.1, 0.15) is 11.5 Å². The fraction of sp³-hybridized carbons (Fsp3) is 0.464. The Hall–Kier alpha value is -4.30. The topological polar surface area (TPSA) is 12.5 Å². The van der Waals surface area contributed by atoms with Crippen LogP contribution in [0.4, 0.5) is 17.1 Å². The van der Waals surface area contributed by atoms with Crippen LogP contribution in [0.5, 0.6) is 11.5 Å². The van der Waals surface area contributed by atoms with Crippen LogP contribution in [-0.2, 0) is 27.1 Å². The van der Waals surface area contributed by atoms with E-state index < -0.39 is 0 Å². The molecular formula is C56H63NO. The lowest BCUT2D eigenvalue weighted by molar-refractivity contribution is -0.0449. The Balaban J connectivity index is 1.18. The Morgan fingerprint density at radius 1 is 0.466 bits per heavy atom. The first-order valence-electron chi connectivity index (χ1n) is 22.8. The van der Waals surface area contributed by atoms with E-state index >= 15 is 0 Å². The minimum atomic E-state index is -0.0536. The molecule has 0 N–H and O–H groups in total. The van der Waals surface area contributed by atoms with Crippen LogP contribution in [0.1, 0.15) is 147 Å². The lowest BCUT2D eigenvalue weighted by Crippen LogP contribution is -2.57. The van der Waals surface area contributed by atoms with E-state index in [0.29, 0.717) is 11.8 Å². The van der Waals surface area contributed by atoms with Crippen LogP contribution in [0, 0.1) is 23.7 Å². The van der Waals surface area contributed by atoms with Gasteiger partial charge in [0, 0.05) is 28.3 Å². The molecule has 1 heterocycles. The lowest BCUT2D eigenvalue weighted by Gasteiger charge is -2.63. The molecule has 5 aromatic rings. The Morgan fingerprint density at radius 3 is 1.57 bits per heavy atom. The predicted molar refractivity (Wildman–Crippen MR) is 241 cm³/mol. The molecule has 4 bridgehead atoms. The second-order valence-corrected chi connectivity index (χ2v) is 22.3. The smallest absolute Gasteiger partial charge is 0.133 e. The third-order valence-corrected chi connectivity index (χ3v) is 17.0. The van der Waals surface area contributed by atoms with Crippen molar-refractivity contribution in [2.75, 3.05) is 4.90 Å². The zero-order chi connectivity index (χ0) is 40.0. The van der Waals surface area contributed by atoms with Crippen molar-refractivity contribution in [1.29, 1.82) is 0 Å². The molecule has 298 valence electrons. The van der Waals surface area contributed by atoms with Crippen LogP contribution >= 0.6 is 0 Å². The zero-order valence-corrected chi connectivity index (χ0v) is 36.3. The van der Waals surface area contributed by atoms with Gasteiger partial charge in [0.2, 0.25) is 0 Å². The standard InChI is InChI=1S/C56H63NO/c1-52(2)25-27-54(5,6)50-43(52)18-13-20-45(50)57(46-21-14-19-44-51(46)55(7,8)28-26-53(44,3)4)40-23-24-42-48(34-40)58-47-22-12-17-41(37-15-10-9-11-16-37)49(47)56(42)38-30-35-29-36(32-38)33-39(56)31-35/h9-24,34-36,38-39H,25-33H2,1-8H3. The number of hydrogen-bond acceptors (Lipinski definition) is 2. The molecule has 0 saturated heterocycles. The maximum Gasteiger partial charge on any atom is 0.133 e. The number of hydrogen-bond donors (Lipinski definition) is 0. The highest BCUT2D eigenvalue weighted by Crippen LogP contribution is 2.70. The summed E-state index contributed by atoms with van der Waals surface area (Å²) in [7, 11) is 0. The maximum absolute atomic E-state index is 7.38. The molecular weight excluding hydrogens is 703 g/mol. The van der Waals surface area contributed by atoms with Gasteiger partial charge in [-0.15, -0.1) is 0 Å². The summed E-state index contributed by atoms with van der Waals surface area (Å²) in [5, 5.41) is 0. The van der Waals surface area contributed by atoms with Crippen molar-refractivity contribution < 1.29 is 4.74 Å². The molecule has 2 nitrogen and oxygen atoms in total. The Bertz CT molecular complexity index is 2350. The SMILES string of the molecule is CC1(C)CCC(C)(C)c2c(N(c3ccc4c(c3)Oc3cccc(-c5ccccc5)c3C43C4CC5CC(C4)CC3C5)c3cccc4c3C(C)(C)CCC4(C)C)cccc21. The van der Waals surface area contributed by atoms with Gasteiger partial charge in [0.05, 0.1) is 11.4 Å². The second-order valence-electron chi connectivity index (χ2n) is 22.3. The number of benzene rings is 5. The van der Waals surface area contributed by atoms with Gasteiger partial charge in [-0.05, 0) is 161 Å². The average Bonchev–Trinajstić information content (AvgIpc) is 3.20. The monoisotopic (exact) mass is 765 g/mol. The van der Waals surface area contributed by atoms with E-state index in [-0.39, 0.29) is 27.1 Å². The van der Waals surface area contributed by atoms with E-state index in [1.54, 1.807) is 0 Å². The van der Waals surface area contributed by atoms with E-state index in [1.807, 2.05) is 0 Å². The van der Waals surface area contributed by atoms with Crippen LogP contribution in [0.2, 0.25) is 0 Å². The number of nitrogens with zero attached hydrogens (tertiary/aromatic N) is 1. The molecule has 7 aliphatic rings. The molecule has 0 atom stereocenters. The number of anilines is 3. The Labute approximate surface area is 348 Å². The Morgan fingerprint density at radius 2 is 1.00 bits per heavy atom. The molecule has 12 rings (SSSR count). The van der Waals surface area contributed by atoms with E-state index in [0.717, 1.165) is 23.3 Å². The third-order valence-electron chi connectivity index (χ3n) is 17.0. The van der Waals surface area contributed by atoms with Crippen LogP contribution in [-0.4, -0.2) is 0 Å². The molecule has 4 fully saturated rings. The van der Waals surface area contributed by atoms with E-state index in [9.17, 15) is 0 Å². The molecule has 6 aliphatic carbocycles. The van der Waals surface area contributed by atoms with Crippen molar-refractivity contribution in [3.05, 3.63) is 137 Å². The molecule has 5 aromatic carbocycles. The van der Waals surface area contributed by atoms with E-state index in [4.69, 9.17) is 4.74 Å². The third kappa shape index (κ3) is 5.15. The van der Waals surface area contributed by atoms with Crippen molar-refractivity contribution in [3.8, 4) is 22.6 Å². The van der Waals surface area contributed by atoms with Crippen molar-refractivity contribution >= 4 is 17.1 Å². The van der Waals surface area contributed by atoms with Gasteiger partial charge in [-0.1, -0.05) is 128 Å². The second kappa shape index (κ2) is 12.4. The predicted octanol–water partition coefficient (Wildman–Crippen LogP) is 15.4. The molecule has 2 heteroatoms. The van der Waals surface area contributed by atoms with Gasteiger partial charge in [-0.2, -0.15) is 0 Å². The highest BCUT2D eigenvalue weighted by molar-refractivity contribution is 5.85. The fourth-order valence-corrected chi connectivity index (χ4v) is 14.2. The first-order chi connectivity index (χ1) is 27.7. The summed E-state index contributed by atoms with van der Waals surface area (Å²) >= 11 is 0. The summed E-state index contributed by atoms with van der Waals surface area (Å²) in [5.41, 5.74) is 15.7. The van der Waals surface area contributed by atoms with Gasteiger partial charge in [0.15, 0.2) is 0 Å². The maximum atomic E-state index is 7.38. The molecule has 0 radical (unpaired) electrons. The quantitative estimate of drug-likeness (QED) is 0.181. The fourth-order valence-electron chi connectivity index (χ4n) is 14.2. The van der Waals surface area contributed by atoms with Crippen LogP contribution in [0.25, 0.3) is 11.1 Å². The van der Waals surface area contributed by atoms with Gasteiger partial charge in [-0.3, -0.25) is 0 Å². The molecule has 1 aliphatic heterocycles. The van der Waals surface area contributed by atoms with Gasteiger partial charge >= 0.3 is 0 Å². The number of ether oxygens (including phenoxy) is 1. The van der Waals surface area contributed by atoms with Crippen LogP contribution in [0.3, 0.4) is 0 Å². The molecule has 0 unspecified atom stereocenters. The molecule has 0 amide bonds. The van der Waals surface area contributed by atoms with Crippen molar-refractivity contribution in [2.45, 2.75) is 140 Å². The van der Waals surface area contributed by atoms with Crippen molar-refractivity contribution in [3.63, 3.8) is 0 Å². The van der Waals surface area contributed by atoms with Gasteiger partial charge in [0.25, 0.3) is 0 Å². The summed E-state index contributed by atoms with van der Waals surface area (Å²) in [6.07, 6.45) is 11.5. The molecule has 0 aromatic heterocycles. The summed E-state index contributed by atoms with van der Waals surface area (Å²) in [6, 6.07) is 40.0. The Kier molecular flexibility index (Phi) is 7.84. The summed E-state index contributed by atoms with van der Waals surface area (Å²) in [4.78, 5) is 2.69. The first kappa shape index (κ1) is 36.8. The minimum absolute atomic E-state index is 0.0330. The van der Waals surface area contributed by atoms with E-state index in [2.05, 4.69) is 163 Å². The average molecular weight is 766 g/mol. The minimum Gasteiger partial charge on any atom is -0.457 e. The number of rotatable bonds is 4. The van der Waals surface area contributed by atoms with Gasteiger partial charge in [-0.25, -0.2) is 0 Å². The van der Waals surface area contributed by atoms with Crippen LogP contribution in [0.15, 0.2) is 103 Å².